The number of hydrogen-bond acceptors (Lipinski definition) is 3. The average molecular weight is 527 g/mol. The summed E-state index contributed by atoms with van der Waals surface area (Å²) in [5, 5.41) is 7.35. The number of rotatable bonds is 9. The summed E-state index contributed by atoms with van der Waals surface area (Å²) in [6.45, 7) is 12.1. The van der Waals surface area contributed by atoms with Crippen LogP contribution in [0, 0.1) is 5.92 Å². The third-order valence-corrected chi connectivity index (χ3v) is 7.74. The van der Waals surface area contributed by atoms with Crippen LogP contribution in [0.5, 0.6) is 0 Å². The molecule has 1 aliphatic carbocycles. The van der Waals surface area contributed by atoms with E-state index < -0.39 is 10.8 Å². The first kappa shape index (κ1) is 26.1. The van der Waals surface area contributed by atoms with Crippen LogP contribution in [-0.4, -0.2) is 64.8 Å². The molecular weight excluding hydrogens is 483 g/mol. The number of nitrogens with zero attached hydrogens (tertiary/aromatic N) is 2. The van der Waals surface area contributed by atoms with E-state index in [0.717, 1.165) is 56.4 Å². The molecule has 0 aromatic carbocycles. The van der Waals surface area contributed by atoms with Gasteiger partial charge in [-0.2, -0.15) is 0 Å². The molecule has 2 N–H and O–H groups in total. The number of piperidine rings is 1. The van der Waals surface area contributed by atoms with Crippen LogP contribution in [0.2, 0.25) is 0 Å². The van der Waals surface area contributed by atoms with E-state index in [1.54, 1.807) is 0 Å². The fraction of sp³-hybridized carbons (Fsp3) is 0.952. The van der Waals surface area contributed by atoms with E-state index in [4.69, 9.17) is 4.99 Å². The molecule has 2 aliphatic rings. The van der Waals surface area contributed by atoms with E-state index in [1.807, 2.05) is 6.92 Å². The topological polar surface area (TPSA) is 56.7 Å². The van der Waals surface area contributed by atoms with E-state index in [-0.39, 0.29) is 24.0 Å². The van der Waals surface area contributed by atoms with Crippen molar-refractivity contribution in [1.29, 1.82) is 0 Å². The summed E-state index contributed by atoms with van der Waals surface area (Å²) in [6, 6.07) is 0.410. The molecule has 0 spiro atoms. The van der Waals surface area contributed by atoms with Crippen molar-refractivity contribution in [2.45, 2.75) is 83.4 Å². The quantitative estimate of drug-likeness (QED) is 0.208. The van der Waals surface area contributed by atoms with E-state index in [1.165, 1.54) is 45.3 Å². The second kappa shape index (κ2) is 15.0. The van der Waals surface area contributed by atoms with Crippen LogP contribution in [-0.2, 0) is 10.8 Å². The van der Waals surface area contributed by atoms with E-state index in [9.17, 15) is 4.21 Å². The maximum Gasteiger partial charge on any atom is 0.191 e. The first-order valence-electron chi connectivity index (χ1n) is 11.3. The highest BCUT2D eigenvalue weighted by atomic mass is 127. The van der Waals surface area contributed by atoms with Crippen molar-refractivity contribution in [3.8, 4) is 0 Å². The smallest absolute Gasteiger partial charge is 0.191 e. The van der Waals surface area contributed by atoms with Crippen molar-refractivity contribution in [2.24, 2.45) is 10.9 Å². The zero-order valence-corrected chi connectivity index (χ0v) is 21.4. The number of aliphatic imine (C=N–C) groups is 1. The van der Waals surface area contributed by atoms with Gasteiger partial charge in [0.2, 0.25) is 0 Å². The Hall–Kier alpha value is 0.110. The second-order valence-corrected chi connectivity index (χ2v) is 10.3. The minimum Gasteiger partial charge on any atom is -0.357 e. The molecule has 5 nitrogen and oxygen atoms in total. The van der Waals surface area contributed by atoms with Crippen molar-refractivity contribution in [2.75, 3.05) is 38.5 Å². The lowest BCUT2D eigenvalue weighted by Crippen LogP contribution is -2.46. The van der Waals surface area contributed by atoms with Crippen LogP contribution >= 0.6 is 24.0 Å². The maximum atomic E-state index is 12.1. The number of hydrogen-bond donors (Lipinski definition) is 2. The van der Waals surface area contributed by atoms with Crippen molar-refractivity contribution < 1.29 is 4.21 Å². The van der Waals surface area contributed by atoms with Gasteiger partial charge in [0.05, 0.1) is 0 Å². The Labute approximate surface area is 192 Å². The second-order valence-electron chi connectivity index (χ2n) is 8.29. The van der Waals surface area contributed by atoms with Crippen LogP contribution in [0.3, 0.4) is 0 Å². The number of likely N-dealkylation sites (tertiary alicyclic amines) is 1. The van der Waals surface area contributed by atoms with Gasteiger partial charge in [-0.05, 0) is 77.4 Å². The molecule has 0 amide bonds. The highest BCUT2D eigenvalue weighted by Crippen LogP contribution is 2.23. The highest BCUT2D eigenvalue weighted by molar-refractivity contribution is 14.0. The molecule has 7 heteroatoms. The van der Waals surface area contributed by atoms with Gasteiger partial charge in [-0.1, -0.05) is 20.3 Å². The summed E-state index contributed by atoms with van der Waals surface area (Å²) >= 11 is 0. The molecule has 166 valence electrons. The predicted octanol–water partition coefficient (Wildman–Crippen LogP) is 3.75. The van der Waals surface area contributed by atoms with Gasteiger partial charge in [0.15, 0.2) is 5.96 Å². The number of unbranched alkanes of at least 4 members (excludes halogenated alkanes) is 1. The van der Waals surface area contributed by atoms with Crippen LogP contribution in [0.4, 0.5) is 0 Å². The Morgan fingerprint density at radius 3 is 2.57 bits per heavy atom. The molecule has 1 aliphatic heterocycles. The van der Waals surface area contributed by atoms with Crippen molar-refractivity contribution >= 4 is 40.7 Å². The lowest BCUT2D eigenvalue weighted by molar-refractivity contribution is 0.190. The minimum atomic E-state index is -0.671. The molecule has 1 saturated carbocycles. The molecule has 0 radical (unpaired) electrons. The first-order valence-corrected chi connectivity index (χ1v) is 12.6. The van der Waals surface area contributed by atoms with Gasteiger partial charge >= 0.3 is 0 Å². The molecule has 2 fully saturated rings. The Kier molecular flexibility index (Phi) is 14.0. The van der Waals surface area contributed by atoms with E-state index >= 15 is 0 Å². The maximum absolute atomic E-state index is 12.1. The summed E-state index contributed by atoms with van der Waals surface area (Å²) in [4.78, 5) is 7.41. The lowest BCUT2D eigenvalue weighted by Gasteiger charge is -2.30. The third-order valence-electron chi connectivity index (χ3n) is 6.00. The third kappa shape index (κ3) is 9.74. The van der Waals surface area contributed by atoms with Crippen LogP contribution in [0.1, 0.15) is 72.1 Å². The van der Waals surface area contributed by atoms with Gasteiger partial charge in [0.1, 0.15) is 0 Å². The fourth-order valence-corrected chi connectivity index (χ4v) is 5.54. The van der Waals surface area contributed by atoms with Gasteiger partial charge in [-0.3, -0.25) is 9.20 Å². The summed E-state index contributed by atoms with van der Waals surface area (Å²) in [5.74, 6) is 2.63. The number of halogens is 1. The van der Waals surface area contributed by atoms with Crippen LogP contribution in [0.25, 0.3) is 0 Å². The van der Waals surface area contributed by atoms with Gasteiger partial charge in [-0.25, -0.2) is 0 Å². The normalized spacial score (nSPS) is 25.8. The van der Waals surface area contributed by atoms with E-state index in [0.29, 0.717) is 11.3 Å². The largest absolute Gasteiger partial charge is 0.357 e. The molecule has 0 aromatic heterocycles. The Morgan fingerprint density at radius 2 is 1.89 bits per heavy atom. The van der Waals surface area contributed by atoms with Gasteiger partial charge in [0, 0.05) is 40.9 Å². The van der Waals surface area contributed by atoms with Crippen LogP contribution in [0.15, 0.2) is 4.99 Å². The minimum absolute atomic E-state index is 0. The standard InChI is InChI=1S/C21H42N4OS.HI/c1-4-22-21(24-19-9-8-10-20(17-19)27(26)5-2)23-13-6-7-14-25-15-11-18(3)12-16-25;/h18-20H,4-17H2,1-3H3,(H2,22,23,24);1H. The van der Waals surface area contributed by atoms with Gasteiger partial charge < -0.3 is 15.5 Å². The molecule has 2 rings (SSSR count). The Bertz CT molecular complexity index is 469. The summed E-state index contributed by atoms with van der Waals surface area (Å²) in [7, 11) is -0.671. The van der Waals surface area contributed by atoms with Crippen molar-refractivity contribution in [1.82, 2.24) is 15.5 Å². The molecular formula is C21H43IN4OS. The molecule has 1 heterocycles. The molecule has 0 bridgehead atoms. The Morgan fingerprint density at radius 1 is 1.14 bits per heavy atom. The van der Waals surface area contributed by atoms with Gasteiger partial charge in [0.25, 0.3) is 0 Å². The predicted molar refractivity (Wildman–Crippen MR) is 133 cm³/mol. The molecule has 3 unspecified atom stereocenters. The zero-order valence-electron chi connectivity index (χ0n) is 18.3. The fourth-order valence-electron chi connectivity index (χ4n) is 4.19. The van der Waals surface area contributed by atoms with Crippen molar-refractivity contribution in [3.05, 3.63) is 0 Å². The van der Waals surface area contributed by atoms with Crippen molar-refractivity contribution in [3.63, 3.8) is 0 Å². The number of nitrogens with one attached hydrogen (secondary N) is 2. The monoisotopic (exact) mass is 526 g/mol. The lowest BCUT2D eigenvalue weighted by atomic mass is 9.95. The van der Waals surface area contributed by atoms with Crippen LogP contribution < -0.4 is 10.6 Å². The zero-order chi connectivity index (χ0) is 19.5. The van der Waals surface area contributed by atoms with E-state index in [2.05, 4.69) is 29.4 Å². The highest BCUT2D eigenvalue weighted by Gasteiger charge is 2.26. The average Bonchev–Trinajstić information content (AvgIpc) is 2.69. The van der Waals surface area contributed by atoms with Gasteiger partial charge in [-0.15, -0.1) is 24.0 Å². The summed E-state index contributed by atoms with van der Waals surface area (Å²) in [5.41, 5.74) is 0. The summed E-state index contributed by atoms with van der Waals surface area (Å²) in [6.07, 6.45) is 9.56. The number of guanidine groups is 1. The Balaban J connectivity index is 0.00000392. The first-order chi connectivity index (χ1) is 13.1. The molecule has 0 aromatic rings. The SMILES string of the molecule is CCNC(=NCCCCN1CCC(C)CC1)NC1CCCC(S(=O)CC)C1.I. The molecule has 28 heavy (non-hydrogen) atoms. The summed E-state index contributed by atoms with van der Waals surface area (Å²) < 4.78 is 12.1. The molecule has 3 atom stereocenters. The molecule has 1 saturated heterocycles.